The second kappa shape index (κ2) is 8.51. The summed E-state index contributed by atoms with van der Waals surface area (Å²) < 4.78 is 0. The molecule has 0 atom stereocenters. The van der Waals surface area contributed by atoms with Gasteiger partial charge in [0.25, 0.3) is 0 Å². The van der Waals surface area contributed by atoms with Crippen molar-refractivity contribution in [3.8, 4) is 0 Å². The molecular weight excluding hydrogens is 390 g/mol. The summed E-state index contributed by atoms with van der Waals surface area (Å²) in [6.45, 7) is 6.50. The monoisotopic (exact) mass is 419 g/mol. The Labute approximate surface area is 189 Å². The minimum absolute atomic E-state index is 0.944. The maximum atomic E-state index is 4.86. The molecule has 4 aromatic rings. The van der Waals surface area contributed by atoms with Crippen LogP contribution in [0.2, 0.25) is 0 Å². The number of aromatic amines is 1. The number of hydrogen-bond acceptors (Lipinski definition) is 2. The molecule has 5 rings (SSSR count). The molecule has 0 radical (unpaired) electrons. The molecule has 0 aliphatic heterocycles. The fourth-order valence-corrected chi connectivity index (χ4v) is 4.68. The van der Waals surface area contributed by atoms with E-state index in [-0.39, 0.29) is 0 Å². The van der Waals surface area contributed by atoms with E-state index >= 15 is 0 Å². The third kappa shape index (κ3) is 3.75. The number of hydrogen-bond donors (Lipinski definition) is 2. The zero-order chi connectivity index (χ0) is 22.1. The summed E-state index contributed by atoms with van der Waals surface area (Å²) in [4.78, 5) is 8.48. The van der Waals surface area contributed by atoms with Gasteiger partial charge in [-0.1, -0.05) is 48.9 Å². The van der Waals surface area contributed by atoms with Crippen LogP contribution in [-0.4, -0.2) is 9.97 Å². The van der Waals surface area contributed by atoms with Crippen LogP contribution < -0.4 is 5.32 Å². The van der Waals surface area contributed by atoms with Crippen molar-refractivity contribution in [3.63, 3.8) is 0 Å². The van der Waals surface area contributed by atoms with Gasteiger partial charge in [0.05, 0.1) is 11.4 Å². The standard InChI is InChI=1S/C29H29N3/c1-4-25-29(31-22-12-6-5-7-13-22)24-18-21(16-17-26(24)32-25)23-14-8-10-19(2)28(23)27-15-9-11-20(3)30-27/h5-7,9,11-18,31-32H,4,8,10H2,1-3H3. The Kier molecular flexibility index (Phi) is 5.40. The molecule has 2 aromatic heterocycles. The molecule has 0 saturated heterocycles. The van der Waals surface area contributed by atoms with Gasteiger partial charge in [0, 0.05) is 33.6 Å². The number of pyridine rings is 1. The number of nitrogens with one attached hydrogen (secondary N) is 2. The van der Waals surface area contributed by atoms with Gasteiger partial charge >= 0.3 is 0 Å². The Morgan fingerprint density at radius 1 is 0.969 bits per heavy atom. The highest BCUT2D eigenvalue weighted by Crippen LogP contribution is 2.40. The van der Waals surface area contributed by atoms with Gasteiger partial charge in [0.2, 0.25) is 0 Å². The van der Waals surface area contributed by atoms with Gasteiger partial charge < -0.3 is 10.3 Å². The van der Waals surface area contributed by atoms with Crippen molar-refractivity contribution >= 4 is 33.4 Å². The number of benzene rings is 2. The molecule has 32 heavy (non-hydrogen) atoms. The van der Waals surface area contributed by atoms with Gasteiger partial charge in [0.1, 0.15) is 0 Å². The van der Waals surface area contributed by atoms with E-state index in [1.807, 2.05) is 6.07 Å². The first-order valence-corrected chi connectivity index (χ1v) is 11.5. The lowest BCUT2D eigenvalue weighted by atomic mass is 9.85. The fraction of sp³-hybridized carbons (Fsp3) is 0.207. The molecule has 0 spiro atoms. The molecule has 2 N–H and O–H groups in total. The van der Waals surface area contributed by atoms with Crippen molar-refractivity contribution in [2.75, 3.05) is 5.32 Å². The molecule has 3 nitrogen and oxygen atoms in total. The molecule has 1 aliphatic carbocycles. The van der Waals surface area contributed by atoms with Crippen LogP contribution >= 0.6 is 0 Å². The first kappa shape index (κ1) is 20.3. The van der Waals surface area contributed by atoms with E-state index in [0.717, 1.165) is 41.9 Å². The summed E-state index contributed by atoms with van der Waals surface area (Å²) in [5, 5.41) is 4.89. The van der Waals surface area contributed by atoms with Gasteiger partial charge in [-0.3, -0.25) is 4.98 Å². The van der Waals surface area contributed by atoms with Crippen LogP contribution in [0.1, 0.15) is 49.3 Å². The van der Waals surface area contributed by atoms with Crippen molar-refractivity contribution in [2.45, 2.75) is 40.0 Å². The van der Waals surface area contributed by atoms with Gasteiger partial charge in [-0.2, -0.15) is 0 Å². The number of aromatic nitrogens is 2. The first-order valence-electron chi connectivity index (χ1n) is 11.5. The summed E-state index contributed by atoms with van der Waals surface area (Å²) in [6.07, 6.45) is 5.48. The molecule has 2 heterocycles. The van der Waals surface area contributed by atoms with E-state index in [9.17, 15) is 0 Å². The average molecular weight is 420 g/mol. The Hall–Kier alpha value is -3.59. The number of para-hydroxylation sites is 1. The topological polar surface area (TPSA) is 40.7 Å². The minimum atomic E-state index is 0.944. The maximum Gasteiger partial charge on any atom is 0.0710 e. The summed E-state index contributed by atoms with van der Waals surface area (Å²) in [5.74, 6) is 0. The van der Waals surface area contributed by atoms with E-state index in [2.05, 4.69) is 97.8 Å². The lowest BCUT2D eigenvalue weighted by Gasteiger charge is -2.21. The van der Waals surface area contributed by atoms with E-state index in [1.54, 1.807) is 0 Å². The number of allylic oxidation sites excluding steroid dienone is 4. The summed E-state index contributed by atoms with van der Waals surface area (Å²) in [6, 6.07) is 23.5. The van der Waals surface area contributed by atoms with Crippen LogP contribution in [0, 0.1) is 6.92 Å². The van der Waals surface area contributed by atoms with Crippen LogP contribution in [0.15, 0.2) is 78.4 Å². The van der Waals surface area contributed by atoms with Gasteiger partial charge in [-0.25, -0.2) is 0 Å². The van der Waals surface area contributed by atoms with Crippen molar-refractivity contribution in [3.05, 3.63) is 101 Å². The molecular formula is C29H29N3. The third-order valence-electron chi connectivity index (χ3n) is 6.29. The lowest BCUT2D eigenvalue weighted by molar-refractivity contribution is 0.967. The van der Waals surface area contributed by atoms with E-state index in [0.29, 0.717) is 0 Å². The molecule has 0 unspecified atom stereocenters. The molecule has 1 aliphatic rings. The number of fused-ring (bicyclic) bond motifs is 1. The Morgan fingerprint density at radius 2 is 1.81 bits per heavy atom. The van der Waals surface area contributed by atoms with E-state index < -0.39 is 0 Å². The smallest absolute Gasteiger partial charge is 0.0710 e. The van der Waals surface area contributed by atoms with E-state index in [4.69, 9.17) is 4.98 Å². The highest BCUT2D eigenvalue weighted by atomic mass is 14.9. The van der Waals surface area contributed by atoms with Crippen LogP contribution in [0.5, 0.6) is 0 Å². The number of H-pyrrole nitrogens is 1. The Morgan fingerprint density at radius 3 is 2.59 bits per heavy atom. The SMILES string of the molecule is CCc1[nH]c2ccc(C3=CCCC(C)=C3c3cccc(C)n3)cc2c1Nc1ccccc1. The molecule has 3 heteroatoms. The second-order valence-corrected chi connectivity index (χ2v) is 8.56. The van der Waals surface area contributed by atoms with Crippen LogP contribution in [-0.2, 0) is 6.42 Å². The minimum Gasteiger partial charge on any atom is -0.357 e. The summed E-state index contributed by atoms with van der Waals surface area (Å²) in [5.41, 5.74) is 12.0. The fourth-order valence-electron chi connectivity index (χ4n) is 4.68. The normalized spacial score (nSPS) is 14.0. The van der Waals surface area contributed by atoms with Crippen LogP contribution in [0.4, 0.5) is 11.4 Å². The average Bonchev–Trinajstić information content (AvgIpc) is 3.16. The van der Waals surface area contributed by atoms with Crippen molar-refractivity contribution in [1.29, 1.82) is 0 Å². The Balaban J connectivity index is 1.62. The van der Waals surface area contributed by atoms with E-state index in [1.165, 1.54) is 39.1 Å². The van der Waals surface area contributed by atoms with Crippen LogP contribution in [0.3, 0.4) is 0 Å². The number of anilines is 2. The highest BCUT2D eigenvalue weighted by Gasteiger charge is 2.20. The molecule has 0 fully saturated rings. The van der Waals surface area contributed by atoms with Crippen molar-refractivity contribution in [2.24, 2.45) is 0 Å². The molecule has 0 amide bonds. The van der Waals surface area contributed by atoms with Gasteiger partial charge in [-0.15, -0.1) is 0 Å². The molecule has 0 saturated carbocycles. The number of aryl methyl sites for hydroxylation is 2. The highest BCUT2D eigenvalue weighted by molar-refractivity contribution is 6.08. The maximum absolute atomic E-state index is 4.86. The van der Waals surface area contributed by atoms with Gasteiger partial charge in [-0.05, 0) is 80.6 Å². The Bertz CT molecular complexity index is 1340. The van der Waals surface area contributed by atoms with Gasteiger partial charge in [0.15, 0.2) is 0 Å². The quantitative estimate of drug-likeness (QED) is 0.346. The lowest BCUT2D eigenvalue weighted by Crippen LogP contribution is -2.02. The van der Waals surface area contributed by atoms with Crippen molar-refractivity contribution < 1.29 is 0 Å². The largest absolute Gasteiger partial charge is 0.357 e. The van der Waals surface area contributed by atoms with Crippen LogP contribution in [0.25, 0.3) is 22.0 Å². The molecule has 0 bridgehead atoms. The second-order valence-electron chi connectivity index (χ2n) is 8.56. The zero-order valence-corrected chi connectivity index (χ0v) is 19.0. The molecule has 160 valence electrons. The number of rotatable bonds is 5. The summed E-state index contributed by atoms with van der Waals surface area (Å²) in [7, 11) is 0. The molecule has 2 aromatic carbocycles. The first-order chi connectivity index (χ1) is 15.6. The predicted molar refractivity (Wildman–Crippen MR) is 136 cm³/mol. The third-order valence-corrected chi connectivity index (χ3v) is 6.29. The predicted octanol–water partition coefficient (Wildman–Crippen LogP) is 7.83. The van der Waals surface area contributed by atoms with Crippen molar-refractivity contribution in [1.82, 2.24) is 9.97 Å². The summed E-state index contributed by atoms with van der Waals surface area (Å²) >= 11 is 0. The zero-order valence-electron chi connectivity index (χ0n) is 19.0. The number of nitrogens with zero attached hydrogens (tertiary/aromatic N) is 1.